The third-order valence-electron chi connectivity index (χ3n) is 11.1. The lowest BCUT2D eigenvalue weighted by Gasteiger charge is -2.49. The minimum absolute atomic E-state index is 0.0119. The molecular formula is C43H50N2O5S2Si. The van der Waals surface area contributed by atoms with Gasteiger partial charge in [0.25, 0.3) is 15.9 Å². The fourth-order valence-electron chi connectivity index (χ4n) is 8.86. The van der Waals surface area contributed by atoms with Crippen LogP contribution in [0.1, 0.15) is 69.7 Å². The summed E-state index contributed by atoms with van der Waals surface area (Å²) < 4.78 is 37.4. The zero-order valence-corrected chi connectivity index (χ0v) is 34.2. The van der Waals surface area contributed by atoms with Gasteiger partial charge in [0, 0.05) is 11.7 Å². The first kappa shape index (κ1) is 38.8. The highest BCUT2D eigenvalue weighted by Gasteiger charge is 2.61. The Bertz CT molecular complexity index is 2010. The number of nitrogens with one attached hydrogen (secondary N) is 1. The lowest BCUT2D eigenvalue weighted by Crippen LogP contribution is -2.59. The third kappa shape index (κ3) is 6.84. The van der Waals surface area contributed by atoms with Crippen LogP contribution in [-0.2, 0) is 29.5 Å². The van der Waals surface area contributed by atoms with Crippen LogP contribution in [0.2, 0.25) is 16.6 Å². The Morgan fingerprint density at radius 1 is 0.811 bits per heavy atom. The molecule has 0 bridgehead atoms. The molecule has 1 N–H and O–H groups in total. The number of hydrogen-bond donors (Lipinski definition) is 1. The number of sulfonamides is 1. The Labute approximate surface area is 320 Å². The number of fused-ring (bicyclic) bond motifs is 1. The molecule has 278 valence electrons. The fraction of sp³-hybridized carbons (Fsp3) is 0.349. The van der Waals surface area contributed by atoms with Gasteiger partial charge < -0.3 is 4.43 Å². The van der Waals surface area contributed by atoms with Crippen molar-refractivity contribution < 1.29 is 22.4 Å². The van der Waals surface area contributed by atoms with E-state index < -0.39 is 35.6 Å². The van der Waals surface area contributed by atoms with Gasteiger partial charge in [0.1, 0.15) is 5.41 Å². The van der Waals surface area contributed by atoms with Gasteiger partial charge in [-0.3, -0.25) is 14.5 Å². The predicted molar refractivity (Wildman–Crippen MR) is 216 cm³/mol. The van der Waals surface area contributed by atoms with Gasteiger partial charge in [-0.1, -0.05) is 150 Å². The molecule has 0 spiro atoms. The largest absolute Gasteiger partial charge is 0.414 e. The predicted octanol–water partition coefficient (Wildman–Crippen LogP) is 8.93. The highest BCUT2D eigenvalue weighted by molar-refractivity contribution is 8.03. The van der Waals surface area contributed by atoms with Crippen molar-refractivity contribution in [3.8, 4) is 0 Å². The summed E-state index contributed by atoms with van der Waals surface area (Å²) in [4.78, 5) is 32.7. The summed E-state index contributed by atoms with van der Waals surface area (Å²) in [7, 11) is -6.61. The third-order valence-corrected chi connectivity index (χ3v) is 19.8. The van der Waals surface area contributed by atoms with Crippen LogP contribution in [0.15, 0.2) is 131 Å². The highest BCUT2D eigenvalue weighted by atomic mass is 32.2. The van der Waals surface area contributed by atoms with E-state index in [1.807, 2.05) is 97.9 Å². The molecule has 53 heavy (non-hydrogen) atoms. The summed E-state index contributed by atoms with van der Waals surface area (Å²) in [5.74, 6) is -1.29. The lowest BCUT2D eigenvalue weighted by molar-refractivity contribution is -0.137. The Morgan fingerprint density at radius 3 is 1.79 bits per heavy atom. The quantitative estimate of drug-likeness (QED) is 0.145. The van der Waals surface area contributed by atoms with Crippen molar-refractivity contribution in [1.82, 2.24) is 9.62 Å². The van der Waals surface area contributed by atoms with Crippen molar-refractivity contribution in [1.29, 1.82) is 0 Å². The standard InChI is InChI=1S/C43H50N2O5S2Si/c1-29(2)53(30(3)4,31(5)6)50-27-36-28-51-41-38(40(46)44-52(48,49)37-25-23-32(7)24-26-37)39(33-17-11-8-12-18-33)43(42(47)45(36)41,34-19-13-9-14-20-34)35-21-15-10-16-22-35/h8-26,29-31,36,39H,27-28H2,1-7H3,(H,44,46)/t36-,39-/m1/s1. The molecular weight excluding hydrogens is 717 g/mol. The molecule has 2 aliphatic heterocycles. The number of benzene rings is 4. The first-order valence-electron chi connectivity index (χ1n) is 18.4. The molecule has 4 aromatic carbocycles. The van der Waals surface area contributed by atoms with E-state index in [2.05, 4.69) is 46.3 Å². The number of carbonyl (C=O) groups is 2. The van der Waals surface area contributed by atoms with Crippen LogP contribution < -0.4 is 4.72 Å². The van der Waals surface area contributed by atoms with E-state index in [9.17, 15) is 8.42 Å². The maximum absolute atomic E-state index is 15.9. The maximum Gasteiger partial charge on any atom is 0.264 e. The normalized spacial score (nSPS) is 18.9. The van der Waals surface area contributed by atoms with Crippen LogP contribution in [0.4, 0.5) is 0 Å². The average Bonchev–Trinajstić information content (AvgIpc) is 3.56. The minimum Gasteiger partial charge on any atom is -0.414 e. The number of rotatable bonds is 12. The van der Waals surface area contributed by atoms with Crippen LogP contribution in [0.25, 0.3) is 0 Å². The summed E-state index contributed by atoms with van der Waals surface area (Å²) in [6, 6.07) is 34.7. The lowest BCUT2D eigenvalue weighted by atomic mass is 9.59. The number of thioether (sulfide) groups is 1. The fourth-order valence-corrected chi connectivity index (χ4v) is 16.6. The van der Waals surface area contributed by atoms with Crippen LogP contribution in [0.3, 0.4) is 0 Å². The van der Waals surface area contributed by atoms with E-state index in [4.69, 9.17) is 4.43 Å². The molecule has 0 radical (unpaired) electrons. The average molecular weight is 767 g/mol. The Hall–Kier alpha value is -3.96. The molecule has 2 amide bonds. The molecule has 2 aliphatic rings. The number of carbonyl (C=O) groups excluding carboxylic acids is 2. The minimum atomic E-state index is -4.28. The molecule has 1 fully saturated rings. The van der Waals surface area contributed by atoms with E-state index in [0.29, 0.717) is 45.1 Å². The van der Waals surface area contributed by atoms with Gasteiger partial charge in [-0.2, -0.15) is 0 Å². The van der Waals surface area contributed by atoms with Gasteiger partial charge in [0.05, 0.1) is 28.1 Å². The van der Waals surface area contributed by atoms with Gasteiger partial charge in [-0.15, -0.1) is 11.8 Å². The number of hydrogen-bond acceptors (Lipinski definition) is 6. The van der Waals surface area contributed by atoms with E-state index in [1.165, 1.54) is 23.9 Å². The van der Waals surface area contributed by atoms with E-state index >= 15 is 9.59 Å². The first-order chi connectivity index (χ1) is 25.3. The SMILES string of the molecule is Cc1ccc(S(=O)(=O)NC(=O)C2=C3SC[C@@H](CO[Si](C(C)C)(C(C)C)C(C)C)N3C(=O)C(c3ccccc3)(c3ccccc3)[C@@H]2c2ccccc2)cc1. The first-order valence-corrected chi connectivity index (χ1v) is 23.0. The van der Waals surface area contributed by atoms with Crippen LogP contribution >= 0.6 is 11.8 Å². The van der Waals surface area contributed by atoms with E-state index in [0.717, 1.165) is 11.1 Å². The molecule has 1 saturated heterocycles. The molecule has 6 rings (SSSR count). The summed E-state index contributed by atoms with van der Waals surface area (Å²) in [5, 5.41) is 0.474. The second-order valence-corrected chi connectivity index (χ2v) is 23.3. The summed E-state index contributed by atoms with van der Waals surface area (Å²) in [5.41, 5.74) is 2.88. The smallest absolute Gasteiger partial charge is 0.264 e. The van der Waals surface area contributed by atoms with Crippen LogP contribution in [0, 0.1) is 6.92 Å². The van der Waals surface area contributed by atoms with Crippen molar-refractivity contribution in [3.63, 3.8) is 0 Å². The molecule has 4 aromatic rings. The van der Waals surface area contributed by atoms with Crippen LogP contribution in [-0.4, -0.2) is 51.9 Å². The zero-order chi connectivity index (χ0) is 38.1. The van der Waals surface area contributed by atoms with Crippen molar-refractivity contribution >= 4 is 41.9 Å². The molecule has 0 unspecified atom stereocenters. The topological polar surface area (TPSA) is 92.8 Å². The van der Waals surface area contributed by atoms with E-state index in [-0.39, 0.29) is 22.4 Å². The molecule has 0 aliphatic carbocycles. The van der Waals surface area contributed by atoms with Crippen molar-refractivity contribution in [2.45, 2.75) is 87.4 Å². The van der Waals surface area contributed by atoms with Gasteiger partial charge in [-0.05, 0) is 52.4 Å². The Morgan fingerprint density at radius 2 is 1.30 bits per heavy atom. The summed E-state index contributed by atoms with van der Waals surface area (Å²) >= 11 is 1.43. The highest BCUT2D eigenvalue weighted by Crippen LogP contribution is 2.57. The zero-order valence-electron chi connectivity index (χ0n) is 31.6. The van der Waals surface area contributed by atoms with Gasteiger partial charge in [0.2, 0.25) is 5.91 Å². The summed E-state index contributed by atoms with van der Waals surface area (Å²) in [6.45, 7) is 15.6. The monoisotopic (exact) mass is 766 g/mol. The number of nitrogens with zero attached hydrogens (tertiary/aromatic N) is 1. The Balaban J connectivity index is 1.61. The molecule has 10 heteroatoms. The van der Waals surface area contributed by atoms with Crippen molar-refractivity contribution in [3.05, 3.63) is 148 Å². The second kappa shape index (κ2) is 15.4. The maximum atomic E-state index is 15.9. The van der Waals surface area contributed by atoms with Crippen molar-refractivity contribution in [2.24, 2.45) is 0 Å². The van der Waals surface area contributed by atoms with E-state index in [1.54, 1.807) is 17.0 Å². The molecule has 0 saturated carbocycles. The number of amides is 2. The number of aryl methyl sites for hydroxylation is 1. The van der Waals surface area contributed by atoms with Crippen LogP contribution in [0.5, 0.6) is 0 Å². The molecule has 7 nitrogen and oxygen atoms in total. The van der Waals surface area contributed by atoms with Gasteiger partial charge in [-0.25, -0.2) is 13.1 Å². The molecule has 0 aromatic heterocycles. The molecule has 2 heterocycles. The molecule has 2 atom stereocenters. The van der Waals surface area contributed by atoms with Gasteiger partial charge >= 0.3 is 0 Å². The second-order valence-electron chi connectivity index (χ2n) is 15.1. The van der Waals surface area contributed by atoms with Gasteiger partial charge in [0.15, 0.2) is 8.32 Å². The van der Waals surface area contributed by atoms with Crippen molar-refractivity contribution in [2.75, 3.05) is 12.4 Å². The summed E-state index contributed by atoms with van der Waals surface area (Å²) in [6.07, 6.45) is 0. The Kier molecular flexibility index (Phi) is 11.3.